The average Bonchev–Trinajstić information content (AvgIpc) is 3.13. The van der Waals surface area contributed by atoms with E-state index in [1.54, 1.807) is 0 Å². The molecule has 0 radical (unpaired) electrons. The standard InChI is InChI=1S/C20H31N3O4/c24-13-17-19(26)20(27)18(25)12-23(17)8-4-2-1-3-7-22-16-6-5-14-10-21-11-15(14)9-16/h5-6,9-10,17-20,22,24-27H,1-4,7-8,11-13H2/t17-,18+,19-,20-/m1/s1. The number of likely N-dealkylation sites (tertiary alicyclic amines) is 1. The van der Waals surface area contributed by atoms with Gasteiger partial charge in [-0.25, -0.2) is 0 Å². The molecule has 27 heavy (non-hydrogen) atoms. The first-order valence-corrected chi connectivity index (χ1v) is 9.86. The fourth-order valence-corrected chi connectivity index (χ4v) is 3.88. The molecule has 0 spiro atoms. The van der Waals surface area contributed by atoms with E-state index in [1.807, 2.05) is 11.1 Å². The number of unbranched alkanes of at least 4 members (excludes halogenated alkanes) is 3. The molecule has 4 atom stereocenters. The van der Waals surface area contributed by atoms with Gasteiger partial charge in [0.05, 0.1) is 25.3 Å². The molecule has 0 aliphatic carbocycles. The highest BCUT2D eigenvalue weighted by atomic mass is 16.4. The summed E-state index contributed by atoms with van der Waals surface area (Å²) in [6.45, 7) is 2.46. The molecule has 3 rings (SSSR count). The number of anilines is 1. The lowest BCUT2D eigenvalue weighted by Crippen LogP contribution is -2.62. The molecule has 1 saturated heterocycles. The summed E-state index contributed by atoms with van der Waals surface area (Å²) in [5, 5.41) is 42.5. The smallest absolute Gasteiger partial charge is 0.109 e. The monoisotopic (exact) mass is 377 g/mol. The van der Waals surface area contributed by atoms with E-state index in [1.165, 1.54) is 11.1 Å². The van der Waals surface area contributed by atoms with Crippen LogP contribution in [0.1, 0.15) is 36.8 Å². The summed E-state index contributed by atoms with van der Waals surface area (Å²) >= 11 is 0. The number of aliphatic imine (C=N–C) groups is 1. The van der Waals surface area contributed by atoms with Gasteiger partial charge in [-0.05, 0) is 42.6 Å². The van der Waals surface area contributed by atoms with Crippen molar-refractivity contribution < 1.29 is 20.4 Å². The van der Waals surface area contributed by atoms with Crippen LogP contribution in [0.5, 0.6) is 0 Å². The molecule has 1 fully saturated rings. The molecule has 1 aromatic rings. The van der Waals surface area contributed by atoms with Crippen molar-refractivity contribution in [2.24, 2.45) is 4.99 Å². The maximum Gasteiger partial charge on any atom is 0.109 e. The van der Waals surface area contributed by atoms with E-state index in [-0.39, 0.29) is 13.2 Å². The van der Waals surface area contributed by atoms with Crippen LogP contribution in [0.25, 0.3) is 0 Å². The molecule has 2 aliphatic rings. The quantitative estimate of drug-likeness (QED) is 0.398. The Hall–Kier alpha value is -1.51. The van der Waals surface area contributed by atoms with Crippen LogP contribution in [0.3, 0.4) is 0 Å². The third-order valence-electron chi connectivity index (χ3n) is 5.55. The summed E-state index contributed by atoms with van der Waals surface area (Å²) in [5.74, 6) is 0. The van der Waals surface area contributed by atoms with Crippen LogP contribution in [0.4, 0.5) is 5.69 Å². The van der Waals surface area contributed by atoms with Crippen LogP contribution in [-0.4, -0.2) is 82.1 Å². The van der Waals surface area contributed by atoms with E-state index >= 15 is 0 Å². The number of aliphatic hydroxyl groups excluding tert-OH is 4. The summed E-state index contributed by atoms with van der Waals surface area (Å²) in [6, 6.07) is 5.85. The molecule has 2 heterocycles. The van der Waals surface area contributed by atoms with Gasteiger partial charge >= 0.3 is 0 Å². The maximum atomic E-state index is 9.99. The van der Waals surface area contributed by atoms with Gasteiger partial charge in [0.2, 0.25) is 0 Å². The zero-order valence-corrected chi connectivity index (χ0v) is 15.7. The van der Waals surface area contributed by atoms with Gasteiger partial charge in [0.15, 0.2) is 0 Å². The predicted octanol–water partition coefficient (Wildman–Crippen LogP) is 0.351. The molecule has 2 aliphatic heterocycles. The Morgan fingerprint density at radius 2 is 1.89 bits per heavy atom. The van der Waals surface area contributed by atoms with Gasteiger partial charge < -0.3 is 25.7 Å². The average molecular weight is 377 g/mol. The second-order valence-corrected chi connectivity index (χ2v) is 7.52. The number of aliphatic hydroxyl groups is 4. The van der Waals surface area contributed by atoms with Crippen LogP contribution in [0, 0.1) is 0 Å². The fourth-order valence-electron chi connectivity index (χ4n) is 3.88. The van der Waals surface area contributed by atoms with Crippen molar-refractivity contribution in [2.45, 2.75) is 56.6 Å². The predicted molar refractivity (Wildman–Crippen MR) is 105 cm³/mol. The van der Waals surface area contributed by atoms with Crippen LogP contribution in [0.15, 0.2) is 23.2 Å². The van der Waals surface area contributed by atoms with Gasteiger partial charge in [0.1, 0.15) is 12.2 Å². The highest BCUT2D eigenvalue weighted by Crippen LogP contribution is 2.21. The minimum atomic E-state index is -1.18. The molecule has 150 valence electrons. The minimum Gasteiger partial charge on any atom is -0.395 e. The zero-order valence-electron chi connectivity index (χ0n) is 15.7. The Morgan fingerprint density at radius 3 is 2.70 bits per heavy atom. The third-order valence-corrected chi connectivity index (χ3v) is 5.55. The van der Waals surface area contributed by atoms with E-state index in [2.05, 4.69) is 28.5 Å². The van der Waals surface area contributed by atoms with Crippen molar-refractivity contribution in [2.75, 3.05) is 31.6 Å². The molecular weight excluding hydrogens is 346 g/mol. The number of nitrogens with one attached hydrogen (secondary N) is 1. The molecule has 0 aromatic heterocycles. The maximum absolute atomic E-state index is 9.99. The fraction of sp³-hybridized carbons (Fsp3) is 0.650. The van der Waals surface area contributed by atoms with E-state index in [9.17, 15) is 20.4 Å². The second kappa shape index (κ2) is 9.61. The van der Waals surface area contributed by atoms with Gasteiger partial charge in [-0.2, -0.15) is 0 Å². The van der Waals surface area contributed by atoms with Crippen molar-refractivity contribution in [1.29, 1.82) is 0 Å². The zero-order chi connectivity index (χ0) is 19.2. The Bertz CT molecular complexity index is 640. The van der Waals surface area contributed by atoms with Crippen molar-refractivity contribution in [3.05, 3.63) is 29.3 Å². The van der Waals surface area contributed by atoms with Crippen LogP contribution in [-0.2, 0) is 6.54 Å². The molecule has 0 amide bonds. The topological polar surface area (TPSA) is 109 Å². The lowest BCUT2D eigenvalue weighted by atomic mass is 9.94. The summed E-state index contributed by atoms with van der Waals surface area (Å²) in [7, 11) is 0. The highest BCUT2D eigenvalue weighted by Gasteiger charge is 2.40. The first-order chi connectivity index (χ1) is 13.1. The molecule has 5 N–H and O–H groups in total. The van der Waals surface area contributed by atoms with Crippen LogP contribution >= 0.6 is 0 Å². The molecule has 1 aromatic carbocycles. The molecule has 7 heteroatoms. The molecular formula is C20H31N3O4. The number of rotatable bonds is 9. The van der Waals surface area contributed by atoms with E-state index in [4.69, 9.17) is 0 Å². The normalized spacial score (nSPS) is 27.7. The van der Waals surface area contributed by atoms with E-state index in [0.29, 0.717) is 6.54 Å². The Morgan fingerprint density at radius 1 is 1.07 bits per heavy atom. The van der Waals surface area contributed by atoms with E-state index < -0.39 is 24.4 Å². The Labute approximate surface area is 160 Å². The van der Waals surface area contributed by atoms with Crippen molar-refractivity contribution in [3.8, 4) is 0 Å². The molecule has 0 saturated carbocycles. The van der Waals surface area contributed by atoms with Crippen molar-refractivity contribution in [3.63, 3.8) is 0 Å². The highest BCUT2D eigenvalue weighted by molar-refractivity contribution is 5.85. The lowest BCUT2D eigenvalue weighted by molar-refractivity contribution is -0.145. The minimum absolute atomic E-state index is 0.222. The SMILES string of the molecule is OC[C@@H]1[C@@H](O)[C@H](O)[C@@H](O)CN1CCCCCCNc1ccc2c(c1)CN=C2. The summed E-state index contributed by atoms with van der Waals surface area (Å²) in [5.41, 5.74) is 3.62. The number of benzene rings is 1. The second-order valence-electron chi connectivity index (χ2n) is 7.52. The van der Waals surface area contributed by atoms with Gasteiger partial charge in [-0.3, -0.25) is 9.89 Å². The summed E-state index contributed by atoms with van der Waals surface area (Å²) in [6.07, 6.45) is 2.79. The van der Waals surface area contributed by atoms with Gasteiger partial charge in [-0.15, -0.1) is 0 Å². The van der Waals surface area contributed by atoms with Gasteiger partial charge in [-0.1, -0.05) is 18.9 Å². The third kappa shape index (κ3) is 5.06. The largest absolute Gasteiger partial charge is 0.395 e. The number of β-amino-alcohol motifs (C(OH)–C–C–N with tert-alkyl or cyclic N) is 1. The van der Waals surface area contributed by atoms with E-state index in [0.717, 1.165) is 44.5 Å². The first kappa shape index (κ1) is 20.2. The number of piperidine rings is 1. The van der Waals surface area contributed by atoms with Crippen LogP contribution in [0.2, 0.25) is 0 Å². The van der Waals surface area contributed by atoms with Gasteiger partial charge in [0, 0.05) is 25.0 Å². The first-order valence-electron chi connectivity index (χ1n) is 9.86. The molecule has 0 unspecified atom stereocenters. The van der Waals surface area contributed by atoms with Gasteiger partial charge in [0.25, 0.3) is 0 Å². The van der Waals surface area contributed by atoms with Crippen molar-refractivity contribution >= 4 is 11.9 Å². The Balaban J connectivity index is 1.30. The molecule has 7 nitrogen and oxygen atoms in total. The number of nitrogens with zero attached hydrogens (tertiary/aromatic N) is 2. The van der Waals surface area contributed by atoms with Crippen LogP contribution < -0.4 is 5.32 Å². The number of fused-ring (bicyclic) bond motifs is 1. The number of hydrogen-bond donors (Lipinski definition) is 5. The summed E-state index contributed by atoms with van der Waals surface area (Å²) in [4.78, 5) is 6.15. The lowest BCUT2D eigenvalue weighted by Gasteiger charge is -2.43. The number of hydrogen-bond acceptors (Lipinski definition) is 7. The van der Waals surface area contributed by atoms with Crippen molar-refractivity contribution in [1.82, 2.24) is 4.90 Å². The molecule has 0 bridgehead atoms. The summed E-state index contributed by atoms with van der Waals surface area (Å²) < 4.78 is 0. The Kier molecular flexibility index (Phi) is 7.20.